The van der Waals surface area contributed by atoms with Crippen molar-refractivity contribution < 1.29 is 9.13 Å². The Balaban J connectivity index is 1.96. The molecule has 0 saturated carbocycles. The van der Waals surface area contributed by atoms with Crippen LogP contribution < -0.4 is 0 Å². The lowest BCUT2D eigenvalue weighted by molar-refractivity contribution is -0.0704. The average molecular weight is 223 g/mol. The number of benzene rings is 1. The monoisotopic (exact) mass is 223 g/mol. The van der Waals surface area contributed by atoms with E-state index in [2.05, 4.69) is 18.7 Å². The van der Waals surface area contributed by atoms with Crippen molar-refractivity contribution in [2.45, 2.75) is 32.6 Å². The van der Waals surface area contributed by atoms with Crippen LogP contribution in [0.3, 0.4) is 0 Å². The first-order chi connectivity index (χ1) is 7.63. The summed E-state index contributed by atoms with van der Waals surface area (Å²) in [6.07, 6.45) is 0.563. The van der Waals surface area contributed by atoms with E-state index in [1.54, 1.807) is 0 Å². The molecular weight excluding hydrogens is 205 g/mol. The number of halogens is 1. The molecule has 0 amide bonds. The number of hydrogen-bond acceptors (Lipinski definition) is 2. The van der Waals surface area contributed by atoms with Crippen molar-refractivity contribution in [1.82, 2.24) is 4.90 Å². The third kappa shape index (κ3) is 3.03. The molecule has 1 aromatic rings. The van der Waals surface area contributed by atoms with Crippen molar-refractivity contribution in [1.29, 1.82) is 0 Å². The summed E-state index contributed by atoms with van der Waals surface area (Å²) in [5, 5.41) is 0. The summed E-state index contributed by atoms with van der Waals surface area (Å²) in [6.45, 7) is 6.95. The maximum Gasteiger partial charge on any atom is 0.123 e. The number of morpholine rings is 1. The van der Waals surface area contributed by atoms with Gasteiger partial charge in [0.2, 0.25) is 0 Å². The molecule has 0 radical (unpaired) electrons. The molecule has 1 aliphatic heterocycles. The molecule has 2 nitrogen and oxygen atoms in total. The number of rotatable bonds is 2. The summed E-state index contributed by atoms with van der Waals surface area (Å²) in [5.41, 5.74) is 1.16. The minimum atomic E-state index is -0.174. The molecule has 0 aliphatic carbocycles. The Morgan fingerprint density at radius 1 is 1.19 bits per heavy atom. The molecule has 1 saturated heterocycles. The van der Waals surface area contributed by atoms with Gasteiger partial charge in [0.25, 0.3) is 0 Å². The van der Waals surface area contributed by atoms with Gasteiger partial charge in [-0.1, -0.05) is 12.1 Å². The Hall–Kier alpha value is -0.930. The van der Waals surface area contributed by atoms with Gasteiger partial charge in [0.15, 0.2) is 0 Å². The quantitative estimate of drug-likeness (QED) is 0.763. The molecule has 0 aromatic heterocycles. The fourth-order valence-electron chi connectivity index (χ4n) is 2.26. The molecule has 3 heteroatoms. The van der Waals surface area contributed by atoms with Gasteiger partial charge in [-0.05, 0) is 31.5 Å². The van der Waals surface area contributed by atoms with Crippen molar-refractivity contribution in [3.8, 4) is 0 Å². The molecule has 0 bridgehead atoms. The molecule has 88 valence electrons. The van der Waals surface area contributed by atoms with Crippen molar-refractivity contribution in [3.63, 3.8) is 0 Å². The van der Waals surface area contributed by atoms with E-state index in [1.807, 2.05) is 12.1 Å². The topological polar surface area (TPSA) is 12.5 Å². The lowest BCUT2D eigenvalue weighted by Crippen LogP contribution is -2.44. The first kappa shape index (κ1) is 11.6. The molecule has 16 heavy (non-hydrogen) atoms. The summed E-state index contributed by atoms with van der Waals surface area (Å²) in [7, 11) is 0. The van der Waals surface area contributed by atoms with Crippen molar-refractivity contribution >= 4 is 0 Å². The van der Waals surface area contributed by atoms with Crippen LogP contribution in [0.1, 0.15) is 19.4 Å². The molecule has 2 rings (SSSR count). The van der Waals surface area contributed by atoms with Crippen LogP contribution in [0.15, 0.2) is 24.3 Å². The Morgan fingerprint density at radius 3 is 2.31 bits per heavy atom. The van der Waals surface area contributed by atoms with Crippen LogP contribution in [0, 0.1) is 5.82 Å². The summed E-state index contributed by atoms with van der Waals surface area (Å²) in [6, 6.07) is 6.73. The molecule has 0 N–H and O–H groups in total. The molecule has 0 spiro atoms. The van der Waals surface area contributed by atoms with Gasteiger partial charge in [0.05, 0.1) is 12.2 Å². The van der Waals surface area contributed by atoms with Gasteiger partial charge in [-0.2, -0.15) is 0 Å². The second-order valence-corrected chi connectivity index (χ2v) is 4.58. The smallest absolute Gasteiger partial charge is 0.123 e. The minimum absolute atomic E-state index is 0.174. The zero-order chi connectivity index (χ0) is 11.5. The fourth-order valence-corrected chi connectivity index (χ4v) is 2.26. The number of nitrogens with zero attached hydrogens (tertiary/aromatic N) is 1. The highest BCUT2D eigenvalue weighted by Gasteiger charge is 2.21. The highest BCUT2D eigenvalue weighted by Crippen LogP contribution is 2.14. The van der Waals surface area contributed by atoms with Crippen LogP contribution in [0.2, 0.25) is 0 Å². The van der Waals surface area contributed by atoms with Crippen molar-refractivity contribution in [3.05, 3.63) is 35.6 Å². The summed E-state index contributed by atoms with van der Waals surface area (Å²) in [4.78, 5) is 2.35. The largest absolute Gasteiger partial charge is 0.373 e. The van der Waals surface area contributed by atoms with Crippen LogP contribution >= 0.6 is 0 Å². The highest BCUT2D eigenvalue weighted by atomic mass is 19.1. The van der Waals surface area contributed by atoms with Gasteiger partial charge in [-0.25, -0.2) is 4.39 Å². The zero-order valence-corrected chi connectivity index (χ0v) is 9.82. The predicted octanol–water partition coefficient (Wildman–Crippen LogP) is 2.43. The first-order valence-corrected chi connectivity index (χ1v) is 5.76. The first-order valence-electron chi connectivity index (χ1n) is 5.76. The third-order valence-corrected chi connectivity index (χ3v) is 2.81. The van der Waals surface area contributed by atoms with Gasteiger partial charge < -0.3 is 4.74 Å². The Labute approximate surface area is 96.0 Å². The fraction of sp³-hybridized carbons (Fsp3) is 0.538. The van der Waals surface area contributed by atoms with E-state index in [4.69, 9.17) is 4.74 Å². The van der Waals surface area contributed by atoms with E-state index in [9.17, 15) is 4.39 Å². The SMILES string of the molecule is C[C@@H]1CN(Cc2ccc(F)cc2)C[C@H](C)O1. The maximum atomic E-state index is 12.8. The minimum Gasteiger partial charge on any atom is -0.373 e. The molecule has 0 unspecified atom stereocenters. The van der Waals surface area contributed by atoms with E-state index >= 15 is 0 Å². The summed E-state index contributed by atoms with van der Waals surface area (Å²) in [5.74, 6) is -0.174. The lowest BCUT2D eigenvalue weighted by Gasteiger charge is -2.35. The van der Waals surface area contributed by atoms with Gasteiger partial charge in [-0.15, -0.1) is 0 Å². The van der Waals surface area contributed by atoms with E-state index in [1.165, 1.54) is 12.1 Å². The molecule has 1 aromatic carbocycles. The van der Waals surface area contributed by atoms with Crippen LogP contribution in [0.5, 0.6) is 0 Å². The van der Waals surface area contributed by atoms with E-state index in [-0.39, 0.29) is 18.0 Å². The lowest BCUT2D eigenvalue weighted by atomic mass is 10.1. The van der Waals surface area contributed by atoms with E-state index in [0.717, 1.165) is 25.2 Å². The second kappa shape index (κ2) is 4.93. The molecule has 1 fully saturated rings. The number of hydrogen-bond donors (Lipinski definition) is 0. The van der Waals surface area contributed by atoms with Gasteiger partial charge in [0, 0.05) is 19.6 Å². The van der Waals surface area contributed by atoms with Crippen molar-refractivity contribution in [2.24, 2.45) is 0 Å². The third-order valence-electron chi connectivity index (χ3n) is 2.81. The normalized spacial score (nSPS) is 26.9. The van der Waals surface area contributed by atoms with Gasteiger partial charge >= 0.3 is 0 Å². The highest BCUT2D eigenvalue weighted by molar-refractivity contribution is 5.15. The van der Waals surface area contributed by atoms with Gasteiger partial charge in [0.1, 0.15) is 5.82 Å². The Kier molecular flexibility index (Phi) is 3.56. The summed E-state index contributed by atoms with van der Waals surface area (Å²) < 4.78 is 18.4. The molecule has 1 heterocycles. The second-order valence-electron chi connectivity index (χ2n) is 4.58. The molecule has 1 aliphatic rings. The Morgan fingerprint density at radius 2 is 1.75 bits per heavy atom. The number of ether oxygens (including phenoxy) is 1. The average Bonchev–Trinajstić information content (AvgIpc) is 2.20. The van der Waals surface area contributed by atoms with Gasteiger partial charge in [-0.3, -0.25) is 4.90 Å². The van der Waals surface area contributed by atoms with Crippen LogP contribution in [-0.2, 0) is 11.3 Å². The molecule has 2 atom stereocenters. The summed E-state index contributed by atoms with van der Waals surface area (Å²) >= 11 is 0. The molecular formula is C13H18FNO. The van der Waals surface area contributed by atoms with Crippen molar-refractivity contribution in [2.75, 3.05) is 13.1 Å². The van der Waals surface area contributed by atoms with Crippen LogP contribution in [-0.4, -0.2) is 30.2 Å². The maximum absolute atomic E-state index is 12.8. The predicted molar refractivity (Wildman–Crippen MR) is 61.7 cm³/mol. The zero-order valence-electron chi connectivity index (χ0n) is 9.82. The van der Waals surface area contributed by atoms with Crippen LogP contribution in [0.4, 0.5) is 4.39 Å². The van der Waals surface area contributed by atoms with Crippen LogP contribution in [0.25, 0.3) is 0 Å². The van der Waals surface area contributed by atoms with E-state index < -0.39 is 0 Å². The van der Waals surface area contributed by atoms with E-state index in [0.29, 0.717) is 0 Å². The Bertz CT molecular complexity index is 328. The standard InChI is InChI=1S/C13H18FNO/c1-10-7-15(8-11(2)16-10)9-12-3-5-13(14)6-4-12/h3-6,10-11H,7-9H2,1-2H3/t10-,11+.